The third-order valence-corrected chi connectivity index (χ3v) is 3.98. The number of rotatable bonds is 4. The number of hydrogen-bond acceptors (Lipinski definition) is 7. The Balaban J connectivity index is 2.41. The number of carboxylic acid groups (broad SMARTS) is 1. The van der Waals surface area contributed by atoms with E-state index in [-0.39, 0.29) is 5.13 Å². The average molecular weight is 304 g/mol. The molecule has 0 saturated heterocycles. The first-order chi connectivity index (χ1) is 8.90. The van der Waals surface area contributed by atoms with Crippen LogP contribution < -0.4 is 4.72 Å². The Bertz CT molecular complexity index is 716. The van der Waals surface area contributed by atoms with E-state index in [9.17, 15) is 17.6 Å². The van der Waals surface area contributed by atoms with Gasteiger partial charge in [0, 0.05) is 11.5 Å². The summed E-state index contributed by atoms with van der Waals surface area (Å²) in [6.45, 7) is 0. The van der Waals surface area contributed by atoms with E-state index >= 15 is 0 Å². The monoisotopic (exact) mass is 304 g/mol. The molecule has 2 rings (SSSR count). The summed E-state index contributed by atoms with van der Waals surface area (Å²) in [5, 5.41) is 15.2. The van der Waals surface area contributed by atoms with E-state index in [1.807, 2.05) is 4.72 Å². The van der Waals surface area contributed by atoms with Crippen LogP contribution in [0.2, 0.25) is 0 Å². The topological polar surface area (TPSA) is 122 Å². The molecule has 2 N–H and O–H groups in total. The summed E-state index contributed by atoms with van der Waals surface area (Å²) >= 11 is 0.705. The normalized spacial score (nSPS) is 11.2. The number of halogens is 1. The highest BCUT2D eigenvalue weighted by atomic mass is 32.2. The molecule has 1 aromatic heterocycles. The molecule has 19 heavy (non-hydrogen) atoms. The second-order valence-corrected chi connectivity index (χ2v) is 5.63. The van der Waals surface area contributed by atoms with Crippen molar-refractivity contribution in [3.63, 3.8) is 0 Å². The van der Waals surface area contributed by atoms with Crippen molar-refractivity contribution in [3.05, 3.63) is 29.6 Å². The van der Waals surface area contributed by atoms with E-state index in [1.165, 1.54) is 0 Å². The van der Waals surface area contributed by atoms with Crippen LogP contribution in [0.3, 0.4) is 0 Å². The molecule has 0 spiro atoms. The first-order valence-electron chi connectivity index (χ1n) is 4.61. The van der Waals surface area contributed by atoms with E-state index in [4.69, 9.17) is 5.11 Å². The van der Waals surface area contributed by atoms with Gasteiger partial charge in [-0.15, -0.1) is 0 Å². The van der Waals surface area contributed by atoms with Crippen LogP contribution in [0.15, 0.2) is 23.1 Å². The predicted octanol–water partition coefficient (Wildman–Crippen LogP) is 0.571. The minimum atomic E-state index is -4.07. The van der Waals surface area contributed by atoms with Crippen LogP contribution in [-0.4, -0.2) is 34.3 Å². The molecule has 11 heteroatoms. The zero-order valence-corrected chi connectivity index (χ0v) is 10.6. The van der Waals surface area contributed by atoms with Gasteiger partial charge in [-0.1, -0.05) is 9.59 Å². The molecule has 8 nitrogen and oxygen atoms in total. The molecule has 1 aromatic carbocycles. The molecule has 0 radical (unpaired) electrons. The van der Waals surface area contributed by atoms with Crippen molar-refractivity contribution in [2.45, 2.75) is 4.90 Å². The molecule has 0 aliphatic rings. The highest BCUT2D eigenvalue weighted by Crippen LogP contribution is 2.18. The lowest BCUT2D eigenvalue weighted by Gasteiger charge is -2.05. The smallest absolute Gasteiger partial charge is 0.338 e. The van der Waals surface area contributed by atoms with E-state index in [0.717, 1.165) is 12.1 Å². The standard InChI is InChI=1S/C8H5FN4O4S2/c9-6-2-1-4(3-5(6)7(14)15)19(16,17)11-8-10-12-13-18-8/h1-3H,(H,14,15)(H,10,11,13). The van der Waals surface area contributed by atoms with Crippen LogP contribution in [0.4, 0.5) is 9.52 Å². The first kappa shape index (κ1) is 13.3. The molecule has 0 atom stereocenters. The third kappa shape index (κ3) is 2.82. The van der Waals surface area contributed by atoms with Gasteiger partial charge in [0.15, 0.2) is 0 Å². The Morgan fingerprint density at radius 3 is 2.74 bits per heavy atom. The number of aromatic nitrogens is 3. The minimum absolute atomic E-state index is 0.0822. The number of anilines is 1. The van der Waals surface area contributed by atoms with Gasteiger partial charge in [-0.3, -0.25) is 4.72 Å². The van der Waals surface area contributed by atoms with Crippen molar-refractivity contribution < 1.29 is 22.7 Å². The van der Waals surface area contributed by atoms with Crippen molar-refractivity contribution in [1.82, 2.24) is 14.8 Å². The minimum Gasteiger partial charge on any atom is -0.478 e. The number of carboxylic acids is 1. The fraction of sp³-hybridized carbons (Fsp3) is 0. The number of aromatic carboxylic acids is 1. The molecule has 0 amide bonds. The molecular weight excluding hydrogens is 299 g/mol. The van der Waals surface area contributed by atoms with Crippen LogP contribution in [0.1, 0.15) is 10.4 Å². The van der Waals surface area contributed by atoms with E-state index in [0.29, 0.717) is 17.6 Å². The summed E-state index contributed by atoms with van der Waals surface area (Å²) in [6, 6.07) is 2.42. The molecule has 0 bridgehead atoms. The lowest BCUT2D eigenvalue weighted by molar-refractivity contribution is 0.0691. The Labute approximate surface area is 110 Å². The predicted molar refractivity (Wildman–Crippen MR) is 61.9 cm³/mol. The Hall–Kier alpha value is -2.14. The van der Waals surface area contributed by atoms with Gasteiger partial charge < -0.3 is 5.11 Å². The zero-order valence-electron chi connectivity index (χ0n) is 8.94. The maximum atomic E-state index is 13.2. The van der Waals surface area contributed by atoms with Crippen molar-refractivity contribution in [1.29, 1.82) is 0 Å². The number of benzene rings is 1. The van der Waals surface area contributed by atoms with Gasteiger partial charge in [0.1, 0.15) is 5.82 Å². The fourth-order valence-electron chi connectivity index (χ4n) is 1.18. The van der Waals surface area contributed by atoms with Crippen molar-refractivity contribution in [3.8, 4) is 0 Å². The number of hydrogen-bond donors (Lipinski definition) is 2. The SMILES string of the molecule is O=C(O)c1cc(S(=O)(=O)Nc2nnns2)ccc1F. The highest BCUT2D eigenvalue weighted by Gasteiger charge is 2.20. The largest absolute Gasteiger partial charge is 0.478 e. The summed E-state index contributed by atoms with van der Waals surface area (Å²) in [5.41, 5.74) is -0.738. The van der Waals surface area contributed by atoms with E-state index < -0.39 is 32.3 Å². The Morgan fingerprint density at radius 2 is 2.16 bits per heavy atom. The van der Waals surface area contributed by atoms with Crippen LogP contribution in [-0.2, 0) is 10.0 Å². The van der Waals surface area contributed by atoms with Crippen molar-refractivity contribution in [2.24, 2.45) is 0 Å². The average Bonchev–Trinajstić information content (AvgIpc) is 2.80. The highest BCUT2D eigenvalue weighted by molar-refractivity contribution is 7.93. The number of nitrogens with one attached hydrogen (secondary N) is 1. The number of sulfonamides is 1. The van der Waals surface area contributed by atoms with Gasteiger partial charge in [0.05, 0.1) is 10.5 Å². The van der Waals surface area contributed by atoms with Crippen LogP contribution in [0.5, 0.6) is 0 Å². The maximum Gasteiger partial charge on any atom is 0.338 e. The molecule has 0 aliphatic carbocycles. The summed E-state index contributed by atoms with van der Waals surface area (Å²) < 4.78 is 42.3. The molecular formula is C8H5FN4O4S2. The number of carbonyl (C=O) groups is 1. The molecule has 100 valence electrons. The second kappa shape index (κ2) is 4.85. The Kier molecular flexibility index (Phi) is 3.40. The quantitative estimate of drug-likeness (QED) is 0.846. The summed E-state index contributed by atoms with van der Waals surface area (Å²) in [4.78, 5) is 10.3. The lowest BCUT2D eigenvalue weighted by Crippen LogP contribution is -2.14. The van der Waals surface area contributed by atoms with Gasteiger partial charge in [-0.25, -0.2) is 17.6 Å². The van der Waals surface area contributed by atoms with Crippen molar-refractivity contribution in [2.75, 3.05) is 4.72 Å². The van der Waals surface area contributed by atoms with Gasteiger partial charge in [-0.05, 0) is 23.4 Å². The van der Waals surface area contributed by atoms with Gasteiger partial charge in [0.25, 0.3) is 10.0 Å². The molecule has 0 aliphatic heterocycles. The Morgan fingerprint density at radius 1 is 1.42 bits per heavy atom. The van der Waals surface area contributed by atoms with Crippen LogP contribution in [0, 0.1) is 5.82 Å². The van der Waals surface area contributed by atoms with E-state index in [2.05, 4.69) is 14.8 Å². The molecule has 0 unspecified atom stereocenters. The fourth-order valence-corrected chi connectivity index (χ4v) is 2.79. The van der Waals surface area contributed by atoms with Crippen LogP contribution in [0.25, 0.3) is 0 Å². The van der Waals surface area contributed by atoms with Crippen LogP contribution >= 0.6 is 11.5 Å². The second-order valence-electron chi connectivity index (χ2n) is 3.22. The zero-order chi connectivity index (χ0) is 14.0. The number of nitrogens with zero attached hydrogens (tertiary/aromatic N) is 3. The third-order valence-electron chi connectivity index (χ3n) is 2.00. The lowest BCUT2D eigenvalue weighted by atomic mass is 10.2. The first-order valence-corrected chi connectivity index (χ1v) is 6.86. The summed E-state index contributed by atoms with van der Waals surface area (Å²) in [6.07, 6.45) is 0. The van der Waals surface area contributed by atoms with E-state index in [1.54, 1.807) is 0 Å². The van der Waals surface area contributed by atoms with Gasteiger partial charge in [0.2, 0.25) is 5.13 Å². The molecule has 1 heterocycles. The van der Waals surface area contributed by atoms with Crippen molar-refractivity contribution >= 4 is 32.7 Å². The van der Waals surface area contributed by atoms with Gasteiger partial charge in [-0.2, -0.15) is 0 Å². The molecule has 0 fully saturated rings. The summed E-state index contributed by atoms with van der Waals surface area (Å²) in [7, 11) is -4.07. The molecule has 2 aromatic rings. The summed E-state index contributed by atoms with van der Waals surface area (Å²) in [5.74, 6) is -2.59. The molecule has 0 saturated carbocycles. The van der Waals surface area contributed by atoms with Gasteiger partial charge >= 0.3 is 5.97 Å². The maximum absolute atomic E-state index is 13.2.